The predicted octanol–water partition coefficient (Wildman–Crippen LogP) is -0.681. The van der Waals surface area contributed by atoms with E-state index in [-0.39, 0.29) is 11.4 Å². The van der Waals surface area contributed by atoms with E-state index in [2.05, 4.69) is 0 Å². The molecule has 0 saturated carbocycles. The summed E-state index contributed by atoms with van der Waals surface area (Å²) in [5, 5.41) is 8.73. The van der Waals surface area contributed by atoms with Crippen LogP contribution in [-0.2, 0) is 4.79 Å². The van der Waals surface area contributed by atoms with Crippen LogP contribution in [0.1, 0.15) is 26.7 Å². The summed E-state index contributed by atoms with van der Waals surface area (Å²) in [4.78, 5) is 13.7. The van der Waals surface area contributed by atoms with E-state index in [1.165, 1.54) is 7.48 Å². The maximum Gasteiger partial charge on any atom is 0.287 e. The van der Waals surface area contributed by atoms with Gasteiger partial charge in [0.25, 0.3) is 7.48 Å². The molecule has 1 radical (unpaired) electrons. The molecule has 5 nitrogen and oxygen atoms in total. The highest BCUT2D eigenvalue weighted by atomic mass is 16.2. The normalized spacial score (nSPS) is 31.1. The lowest BCUT2D eigenvalue weighted by atomic mass is 9.78. The Morgan fingerprint density at radius 3 is 2.88 bits per heavy atom. The lowest BCUT2D eigenvalue weighted by Gasteiger charge is -2.43. The van der Waals surface area contributed by atoms with Gasteiger partial charge in [0.1, 0.15) is 0 Å². The van der Waals surface area contributed by atoms with E-state index in [1.807, 2.05) is 6.92 Å². The molecule has 1 rings (SSSR count). The van der Waals surface area contributed by atoms with Crippen molar-refractivity contribution in [2.45, 2.75) is 44.6 Å². The molecule has 3 atom stereocenters. The van der Waals surface area contributed by atoms with E-state index in [0.29, 0.717) is 25.3 Å². The molecule has 3 unspecified atom stereocenters. The molecular weight excluding hydrogens is 217 g/mol. The third kappa shape index (κ3) is 4.29. The third-order valence-electron chi connectivity index (χ3n) is 3.19. The van der Waals surface area contributed by atoms with Crippen molar-refractivity contribution in [3.8, 4) is 0 Å². The van der Waals surface area contributed by atoms with Crippen LogP contribution in [0.4, 0.5) is 0 Å². The molecule has 1 heterocycles. The Morgan fingerprint density at radius 2 is 2.35 bits per heavy atom. The number of likely N-dealkylation sites (tertiary alicyclic amines) is 1. The van der Waals surface area contributed by atoms with Crippen molar-refractivity contribution in [1.29, 1.82) is 0 Å². The fourth-order valence-corrected chi connectivity index (χ4v) is 2.56. The molecule has 97 valence electrons. The average molecular weight is 240 g/mol. The first-order valence-corrected chi connectivity index (χ1v) is 6.15. The number of carbonyl (C=O) groups excluding carboxylic acids is 1. The molecular formula is C11H23BN3O2. The second-order valence-electron chi connectivity index (χ2n) is 5.49. The summed E-state index contributed by atoms with van der Waals surface area (Å²) < 4.78 is 0. The number of carbonyl (C=O) groups is 1. The van der Waals surface area contributed by atoms with Gasteiger partial charge < -0.3 is 21.4 Å². The SMILES string of the molecule is CC(N)C(=O)N1CC(CC[B]O)CC(C)(N)C1. The summed E-state index contributed by atoms with van der Waals surface area (Å²) in [6.07, 6.45) is 2.37. The van der Waals surface area contributed by atoms with Crippen LogP contribution in [0.15, 0.2) is 0 Å². The predicted molar refractivity (Wildman–Crippen MR) is 68.3 cm³/mol. The van der Waals surface area contributed by atoms with Gasteiger partial charge in [-0.2, -0.15) is 0 Å². The lowest BCUT2D eigenvalue weighted by molar-refractivity contribution is -0.135. The second-order valence-corrected chi connectivity index (χ2v) is 5.49. The molecule has 0 aliphatic carbocycles. The van der Waals surface area contributed by atoms with Crippen molar-refractivity contribution in [2.24, 2.45) is 17.4 Å². The zero-order valence-electron chi connectivity index (χ0n) is 10.7. The minimum atomic E-state index is -0.478. The first-order valence-electron chi connectivity index (χ1n) is 6.15. The van der Waals surface area contributed by atoms with E-state index >= 15 is 0 Å². The average Bonchev–Trinajstić information content (AvgIpc) is 2.23. The van der Waals surface area contributed by atoms with E-state index < -0.39 is 6.04 Å². The summed E-state index contributed by atoms with van der Waals surface area (Å²) in [5.74, 6) is 0.296. The van der Waals surface area contributed by atoms with Crippen molar-refractivity contribution in [3.63, 3.8) is 0 Å². The third-order valence-corrected chi connectivity index (χ3v) is 3.19. The molecule has 1 amide bonds. The minimum absolute atomic E-state index is 0.0423. The highest BCUT2D eigenvalue weighted by Crippen LogP contribution is 2.27. The number of amides is 1. The van der Waals surface area contributed by atoms with Crippen molar-refractivity contribution in [1.82, 2.24) is 4.90 Å². The lowest BCUT2D eigenvalue weighted by Crippen LogP contribution is -2.59. The van der Waals surface area contributed by atoms with Crippen LogP contribution >= 0.6 is 0 Å². The molecule has 0 aromatic rings. The summed E-state index contributed by atoms with van der Waals surface area (Å²) in [6.45, 7) is 4.91. The second kappa shape index (κ2) is 5.84. The molecule has 0 bridgehead atoms. The first kappa shape index (κ1) is 14.5. The minimum Gasteiger partial charge on any atom is -0.454 e. The van der Waals surface area contributed by atoms with Gasteiger partial charge in [0.05, 0.1) is 6.04 Å². The summed E-state index contributed by atoms with van der Waals surface area (Å²) in [7, 11) is 1.17. The van der Waals surface area contributed by atoms with Crippen LogP contribution in [0, 0.1) is 5.92 Å². The Kier molecular flexibility index (Phi) is 4.97. The quantitative estimate of drug-likeness (QED) is 0.567. The van der Waals surface area contributed by atoms with Gasteiger partial charge in [-0.1, -0.05) is 12.7 Å². The first-order chi connectivity index (χ1) is 7.85. The molecule has 1 aliphatic rings. The van der Waals surface area contributed by atoms with Gasteiger partial charge in [-0.3, -0.25) is 4.79 Å². The molecule has 17 heavy (non-hydrogen) atoms. The molecule has 6 heteroatoms. The molecule has 0 aromatic heterocycles. The number of hydrogen-bond donors (Lipinski definition) is 3. The van der Waals surface area contributed by atoms with Crippen LogP contribution in [0.5, 0.6) is 0 Å². The van der Waals surface area contributed by atoms with Crippen molar-refractivity contribution >= 4 is 13.4 Å². The maximum atomic E-state index is 11.9. The van der Waals surface area contributed by atoms with Gasteiger partial charge >= 0.3 is 0 Å². The Balaban J connectivity index is 2.64. The van der Waals surface area contributed by atoms with Crippen LogP contribution in [-0.4, -0.2) is 48.0 Å². The fraction of sp³-hybridized carbons (Fsp3) is 0.909. The van der Waals surface area contributed by atoms with Crippen molar-refractivity contribution in [2.75, 3.05) is 13.1 Å². The van der Waals surface area contributed by atoms with Gasteiger partial charge in [0, 0.05) is 18.6 Å². The zero-order chi connectivity index (χ0) is 13.1. The summed E-state index contributed by atoms with van der Waals surface area (Å²) in [5.41, 5.74) is 11.4. The summed E-state index contributed by atoms with van der Waals surface area (Å²) >= 11 is 0. The Morgan fingerprint density at radius 1 is 1.71 bits per heavy atom. The molecule has 0 spiro atoms. The summed E-state index contributed by atoms with van der Waals surface area (Å²) in [6, 6.07) is -0.478. The van der Waals surface area contributed by atoms with Crippen LogP contribution < -0.4 is 11.5 Å². The van der Waals surface area contributed by atoms with Gasteiger partial charge in [-0.15, -0.1) is 0 Å². The van der Waals surface area contributed by atoms with Crippen molar-refractivity contribution in [3.05, 3.63) is 0 Å². The molecule has 0 aromatic carbocycles. The molecule has 1 aliphatic heterocycles. The van der Waals surface area contributed by atoms with Gasteiger partial charge in [-0.25, -0.2) is 0 Å². The zero-order valence-corrected chi connectivity index (χ0v) is 10.7. The smallest absolute Gasteiger partial charge is 0.287 e. The molecule has 1 fully saturated rings. The fourth-order valence-electron chi connectivity index (χ4n) is 2.56. The number of rotatable bonds is 4. The highest BCUT2D eigenvalue weighted by Gasteiger charge is 2.35. The van der Waals surface area contributed by atoms with E-state index in [0.717, 1.165) is 12.8 Å². The van der Waals surface area contributed by atoms with Gasteiger partial charge in [-0.05, 0) is 26.2 Å². The monoisotopic (exact) mass is 240 g/mol. The van der Waals surface area contributed by atoms with Crippen LogP contribution in [0.25, 0.3) is 0 Å². The van der Waals surface area contributed by atoms with Crippen molar-refractivity contribution < 1.29 is 9.82 Å². The van der Waals surface area contributed by atoms with Crippen LogP contribution in [0.2, 0.25) is 6.32 Å². The Bertz CT molecular complexity index is 271. The largest absolute Gasteiger partial charge is 0.454 e. The highest BCUT2D eigenvalue weighted by molar-refractivity contribution is 6.25. The van der Waals surface area contributed by atoms with Gasteiger partial charge in [0.15, 0.2) is 0 Å². The van der Waals surface area contributed by atoms with E-state index in [9.17, 15) is 4.79 Å². The Labute approximate surface area is 104 Å². The van der Waals surface area contributed by atoms with E-state index in [4.69, 9.17) is 16.5 Å². The number of nitrogens with two attached hydrogens (primary N) is 2. The number of piperidine rings is 1. The Hall–Kier alpha value is -0.585. The molecule has 1 saturated heterocycles. The number of nitrogens with zero attached hydrogens (tertiary/aromatic N) is 1. The van der Waals surface area contributed by atoms with E-state index in [1.54, 1.807) is 11.8 Å². The van der Waals surface area contributed by atoms with Gasteiger partial charge in [0.2, 0.25) is 5.91 Å². The molecule has 5 N–H and O–H groups in total. The topological polar surface area (TPSA) is 92.6 Å². The maximum absolute atomic E-state index is 11.9. The van der Waals surface area contributed by atoms with Crippen LogP contribution in [0.3, 0.4) is 0 Å². The standard InChI is InChI=1S/C11H23BN3O2/c1-8(13)10(16)15-6-9(3-4-12-17)5-11(2,14)7-15/h8-9,17H,3-7,13-14H2,1-2H3. The number of hydrogen-bond acceptors (Lipinski definition) is 4.